The summed E-state index contributed by atoms with van der Waals surface area (Å²) >= 11 is 0. The second-order valence-electron chi connectivity index (χ2n) is 4.72. The van der Waals surface area contributed by atoms with Crippen molar-refractivity contribution in [2.45, 2.75) is 6.92 Å². The van der Waals surface area contributed by atoms with Crippen molar-refractivity contribution in [2.75, 3.05) is 7.05 Å². The fourth-order valence-electron chi connectivity index (χ4n) is 2.36. The summed E-state index contributed by atoms with van der Waals surface area (Å²) in [4.78, 5) is 30.6. The van der Waals surface area contributed by atoms with Gasteiger partial charge in [0.05, 0.1) is 22.9 Å². The number of aromatic amines is 1. The summed E-state index contributed by atoms with van der Waals surface area (Å²) in [5.41, 5.74) is 3.28. The zero-order valence-electron chi connectivity index (χ0n) is 11.7. The van der Waals surface area contributed by atoms with E-state index in [-0.39, 0.29) is 11.6 Å². The maximum absolute atomic E-state index is 12.2. The molecule has 3 rings (SSSR count). The zero-order valence-corrected chi connectivity index (χ0v) is 11.7. The molecule has 1 aromatic carbocycles. The summed E-state index contributed by atoms with van der Waals surface area (Å²) in [6.07, 6.45) is 1.52. The summed E-state index contributed by atoms with van der Waals surface area (Å²) in [7, 11) is 1.55. The molecule has 0 bridgehead atoms. The number of nitrogens with one attached hydrogen (secondary N) is 2. The SMILES string of the molecule is CNC(=O)c1ccc(-n2c(=O)[nH]c3cccc(C)c32)cn1. The summed E-state index contributed by atoms with van der Waals surface area (Å²) in [6, 6.07) is 8.99. The van der Waals surface area contributed by atoms with Crippen LogP contribution in [-0.2, 0) is 0 Å². The highest BCUT2D eigenvalue weighted by Gasteiger charge is 2.12. The van der Waals surface area contributed by atoms with E-state index >= 15 is 0 Å². The molecule has 106 valence electrons. The van der Waals surface area contributed by atoms with Gasteiger partial charge < -0.3 is 10.3 Å². The molecule has 6 nitrogen and oxygen atoms in total. The number of para-hydroxylation sites is 1. The molecule has 0 aliphatic carbocycles. The van der Waals surface area contributed by atoms with Crippen molar-refractivity contribution >= 4 is 16.9 Å². The predicted octanol–water partition coefficient (Wildman–Crippen LogP) is 1.38. The quantitative estimate of drug-likeness (QED) is 0.745. The normalized spacial score (nSPS) is 10.8. The standard InChI is InChI=1S/C15H14N4O2/c1-9-4-3-5-11-13(9)19(15(21)18-11)10-6-7-12(17-8-10)14(20)16-2/h3-8H,1-2H3,(H,16,20)(H,18,21). The van der Waals surface area contributed by atoms with Crippen LogP contribution < -0.4 is 11.0 Å². The first-order valence-electron chi connectivity index (χ1n) is 6.50. The van der Waals surface area contributed by atoms with Gasteiger partial charge in [-0.3, -0.25) is 9.36 Å². The van der Waals surface area contributed by atoms with E-state index in [2.05, 4.69) is 15.3 Å². The van der Waals surface area contributed by atoms with Crippen molar-refractivity contribution in [3.05, 3.63) is 58.3 Å². The molecule has 0 aliphatic heterocycles. The lowest BCUT2D eigenvalue weighted by Gasteiger charge is -2.06. The van der Waals surface area contributed by atoms with Crippen LogP contribution in [0.5, 0.6) is 0 Å². The number of benzene rings is 1. The summed E-state index contributed by atoms with van der Waals surface area (Å²) in [5, 5.41) is 2.51. The number of carbonyl (C=O) groups is 1. The molecule has 0 atom stereocenters. The summed E-state index contributed by atoms with van der Waals surface area (Å²) in [5.74, 6) is -0.260. The lowest BCUT2D eigenvalue weighted by atomic mass is 10.2. The molecule has 0 aliphatic rings. The first-order valence-corrected chi connectivity index (χ1v) is 6.50. The number of rotatable bonds is 2. The first kappa shape index (κ1) is 13.1. The summed E-state index contributed by atoms with van der Waals surface area (Å²) < 4.78 is 1.56. The van der Waals surface area contributed by atoms with Gasteiger partial charge in [0.1, 0.15) is 5.69 Å². The van der Waals surface area contributed by atoms with E-state index in [0.29, 0.717) is 11.4 Å². The molecule has 0 radical (unpaired) electrons. The highest BCUT2D eigenvalue weighted by Crippen LogP contribution is 2.18. The van der Waals surface area contributed by atoms with E-state index in [0.717, 1.165) is 16.6 Å². The molecule has 2 N–H and O–H groups in total. The van der Waals surface area contributed by atoms with Crippen molar-refractivity contribution in [1.29, 1.82) is 0 Å². The highest BCUT2D eigenvalue weighted by molar-refractivity contribution is 5.92. The number of aromatic nitrogens is 3. The third-order valence-electron chi connectivity index (χ3n) is 3.37. The molecular weight excluding hydrogens is 268 g/mol. The molecule has 1 amide bonds. The van der Waals surface area contributed by atoms with Crippen LogP contribution in [0.3, 0.4) is 0 Å². The molecule has 3 aromatic rings. The second-order valence-corrected chi connectivity index (χ2v) is 4.72. The van der Waals surface area contributed by atoms with E-state index in [1.807, 2.05) is 25.1 Å². The van der Waals surface area contributed by atoms with Crippen molar-refractivity contribution in [1.82, 2.24) is 19.9 Å². The Labute approximate surface area is 120 Å². The number of aryl methyl sites for hydroxylation is 1. The second kappa shape index (κ2) is 4.90. The van der Waals surface area contributed by atoms with Crippen molar-refractivity contribution < 1.29 is 4.79 Å². The van der Waals surface area contributed by atoms with Crippen molar-refractivity contribution in [2.24, 2.45) is 0 Å². The number of imidazole rings is 1. The Kier molecular flexibility index (Phi) is 3.06. The largest absolute Gasteiger partial charge is 0.354 e. The Hall–Kier alpha value is -2.89. The van der Waals surface area contributed by atoms with E-state index in [9.17, 15) is 9.59 Å². The van der Waals surface area contributed by atoms with Crippen LogP contribution in [0.25, 0.3) is 16.7 Å². The molecule has 0 spiro atoms. The number of fused-ring (bicyclic) bond motifs is 1. The average Bonchev–Trinajstić information content (AvgIpc) is 2.84. The van der Waals surface area contributed by atoms with E-state index in [1.54, 1.807) is 23.7 Å². The monoisotopic (exact) mass is 282 g/mol. The van der Waals surface area contributed by atoms with Gasteiger partial charge in [0.25, 0.3) is 5.91 Å². The number of H-pyrrole nitrogens is 1. The van der Waals surface area contributed by atoms with Crippen LogP contribution in [0.2, 0.25) is 0 Å². The van der Waals surface area contributed by atoms with E-state index in [1.165, 1.54) is 6.20 Å². The van der Waals surface area contributed by atoms with E-state index < -0.39 is 0 Å². The molecule has 2 aromatic heterocycles. The van der Waals surface area contributed by atoms with Gasteiger partial charge in [-0.15, -0.1) is 0 Å². The number of nitrogens with zero attached hydrogens (tertiary/aromatic N) is 2. The molecule has 6 heteroatoms. The molecular formula is C15H14N4O2. The summed E-state index contributed by atoms with van der Waals surface area (Å²) in [6.45, 7) is 1.94. The molecule has 0 fully saturated rings. The fourth-order valence-corrected chi connectivity index (χ4v) is 2.36. The molecule has 2 heterocycles. The van der Waals surface area contributed by atoms with Gasteiger partial charge in [-0.05, 0) is 30.7 Å². The average molecular weight is 282 g/mol. The predicted molar refractivity (Wildman–Crippen MR) is 79.8 cm³/mol. The van der Waals surface area contributed by atoms with Gasteiger partial charge in [0.15, 0.2) is 0 Å². The van der Waals surface area contributed by atoms with Gasteiger partial charge in [-0.25, -0.2) is 9.78 Å². The van der Waals surface area contributed by atoms with Crippen LogP contribution >= 0.6 is 0 Å². The molecule has 0 saturated carbocycles. The van der Waals surface area contributed by atoms with Crippen LogP contribution in [0.1, 0.15) is 16.1 Å². The maximum Gasteiger partial charge on any atom is 0.331 e. The van der Waals surface area contributed by atoms with Crippen LogP contribution in [0.15, 0.2) is 41.3 Å². The molecule has 21 heavy (non-hydrogen) atoms. The Morgan fingerprint density at radius 2 is 2.10 bits per heavy atom. The number of hydrogen-bond acceptors (Lipinski definition) is 3. The lowest BCUT2D eigenvalue weighted by molar-refractivity contribution is 0.0958. The van der Waals surface area contributed by atoms with Crippen molar-refractivity contribution in [3.8, 4) is 5.69 Å². The maximum atomic E-state index is 12.2. The van der Waals surface area contributed by atoms with Crippen molar-refractivity contribution in [3.63, 3.8) is 0 Å². The number of pyridine rings is 1. The van der Waals surface area contributed by atoms with Crippen LogP contribution in [0, 0.1) is 6.92 Å². The highest BCUT2D eigenvalue weighted by atomic mass is 16.2. The van der Waals surface area contributed by atoms with Crippen LogP contribution in [-0.4, -0.2) is 27.5 Å². The smallest absolute Gasteiger partial charge is 0.331 e. The third-order valence-corrected chi connectivity index (χ3v) is 3.37. The topological polar surface area (TPSA) is 79.8 Å². The minimum Gasteiger partial charge on any atom is -0.354 e. The van der Waals surface area contributed by atoms with Gasteiger partial charge >= 0.3 is 5.69 Å². The number of amides is 1. The zero-order chi connectivity index (χ0) is 15.0. The minimum absolute atomic E-state index is 0.228. The molecule has 0 unspecified atom stereocenters. The van der Waals surface area contributed by atoms with Gasteiger partial charge in [-0.2, -0.15) is 0 Å². The Morgan fingerprint density at radius 1 is 1.29 bits per heavy atom. The minimum atomic E-state index is -0.260. The van der Waals surface area contributed by atoms with Gasteiger partial charge in [0, 0.05) is 7.05 Å². The first-order chi connectivity index (χ1) is 10.1. The fraction of sp³-hybridized carbons (Fsp3) is 0.133. The molecule has 0 saturated heterocycles. The Balaban J connectivity index is 2.19. The lowest BCUT2D eigenvalue weighted by Crippen LogP contribution is -2.20. The van der Waals surface area contributed by atoms with Gasteiger partial charge in [0.2, 0.25) is 0 Å². The van der Waals surface area contributed by atoms with E-state index in [4.69, 9.17) is 0 Å². The number of hydrogen-bond donors (Lipinski definition) is 2. The van der Waals surface area contributed by atoms with Crippen LogP contribution in [0.4, 0.5) is 0 Å². The number of carbonyl (C=O) groups excluding carboxylic acids is 1. The third kappa shape index (κ3) is 2.10. The Bertz CT molecular complexity index is 875. The van der Waals surface area contributed by atoms with Gasteiger partial charge in [-0.1, -0.05) is 12.1 Å². The Morgan fingerprint density at radius 3 is 2.76 bits per heavy atom.